The summed E-state index contributed by atoms with van der Waals surface area (Å²) in [6, 6.07) is 14.6. The van der Waals surface area contributed by atoms with Gasteiger partial charge in [-0.3, -0.25) is 4.79 Å². The molecule has 32 heavy (non-hydrogen) atoms. The maximum Gasteiger partial charge on any atom is 0.339 e. The molecule has 164 valence electrons. The fourth-order valence-electron chi connectivity index (χ4n) is 4.56. The van der Waals surface area contributed by atoms with E-state index in [2.05, 4.69) is 20.1 Å². The Kier molecular flexibility index (Phi) is 5.47. The van der Waals surface area contributed by atoms with Gasteiger partial charge in [0.05, 0.1) is 11.6 Å². The van der Waals surface area contributed by atoms with E-state index < -0.39 is 0 Å². The van der Waals surface area contributed by atoms with Crippen LogP contribution >= 0.6 is 0 Å². The van der Waals surface area contributed by atoms with Crippen LogP contribution in [0.25, 0.3) is 0 Å². The second kappa shape index (κ2) is 8.57. The van der Waals surface area contributed by atoms with E-state index in [1.807, 2.05) is 37.3 Å². The summed E-state index contributed by atoms with van der Waals surface area (Å²) in [6.45, 7) is 2.82. The number of carbonyl (C=O) groups is 2. The third-order valence-electron chi connectivity index (χ3n) is 6.29. The van der Waals surface area contributed by atoms with E-state index >= 15 is 0 Å². The van der Waals surface area contributed by atoms with E-state index in [9.17, 15) is 9.59 Å². The molecule has 7 heteroatoms. The molecule has 0 saturated carbocycles. The molecular formula is C25H26N4O3. The fourth-order valence-corrected chi connectivity index (χ4v) is 4.56. The van der Waals surface area contributed by atoms with Crippen molar-refractivity contribution in [3.8, 4) is 0 Å². The first kappa shape index (κ1) is 20.4. The lowest BCUT2D eigenvalue weighted by Gasteiger charge is -2.25. The van der Waals surface area contributed by atoms with Crippen molar-refractivity contribution in [2.24, 2.45) is 0 Å². The highest BCUT2D eigenvalue weighted by atomic mass is 16.5. The van der Waals surface area contributed by atoms with Gasteiger partial charge in [0, 0.05) is 24.9 Å². The van der Waals surface area contributed by atoms with E-state index in [0.29, 0.717) is 17.5 Å². The molecular weight excluding hydrogens is 404 g/mol. The van der Waals surface area contributed by atoms with Gasteiger partial charge in [-0.1, -0.05) is 36.8 Å². The first-order chi connectivity index (χ1) is 15.6. The number of nitrogens with one attached hydrogen (secondary N) is 1. The number of carbonyl (C=O) groups excluding carboxylic acids is 2. The van der Waals surface area contributed by atoms with Crippen molar-refractivity contribution >= 4 is 11.9 Å². The Bertz CT molecular complexity index is 1160. The standard InChI is InChI=1S/C25H26N4O3/c1-16(23-28-27-22-10-6-3-7-13-29(22)23)26-24(30)18-11-12-20-19(14-18)15-21(32-25(20)31)17-8-4-2-5-9-17/h2,4-5,8-9,11-12,14,16,21H,3,6-7,10,13,15H2,1H3,(H,26,30)/t16-,21+/m1/s1. The topological polar surface area (TPSA) is 86.1 Å². The second-order valence-corrected chi connectivity index (χ2v) is 8.51. The Balaban J connectivity index is 1.34. The Morgan fingerprint density at radius 2 is 1.97 bits per heavy atom. The molecule has 0 unspecified atom stereocenters. The molecule has 2 atom stereocenters. The zero-order valence-corrected chi connectivity index (χ0v) is 18.1. The molecule has 1 N–H and O–H groups in total. The maximum atomic E-state index is 13.0. The van der Waals surface area contributed by atoms with E-state index in [0.717, 1.165) is 48.6 Å². The Morgan fingerprint density at radius 3 is 2.81 bits per heavy atom. The van der Waals surface area contributed by atoms with Gasteiger partial charge in [0.1, 0.15) is 11.9 Å². The van der Waals surface area contributed by atoms with Gasteiger partial charge in [-0.15, -0.1) is 10.2 Å². The molecule has 3 aromatic rings. The monoisotopic (exact) mass is 430 g/mol. The van der Waals surface area contributed by atoms with E-state index in [-0.39, 0.29) is 24.0 Å². The number of benzene rings is 2. The van der Waals surface area contributed by atoms with Gasteiger partial charge < -0.3 is 14.6 Å². The van der Waals surface area contributed by atoms with Crippen molar-refractivity contribution in [2.75, 3.05) is 0 Å². The van der Waals surface area contributed by atoms with Gasteiger partial charge in [0.2, 0.25) is 0 Å². The summed E-state index contributed by atoms with van der Waals surface area (Å²) < 4.78 is 7.76. The van der Waals surface area contributed by atoms with Gasteiger partial charge in [0.25, 0.3) is 5.91 Å². The van der Waals surface area contributed by atoms with Crippen LogP contribution in [0.3, 0.4) is 0 Å². The number of ether oxygens (including phenoxy) is 1. The Labute approximate surface area is 186 Å². The van der Waals surface area contributed by atoms with Gasteiger partial charge >= 0.3 is 5.97 Å². The van der Waals surface area contributed by atoms with Crippen molar-refractivity contribution < 1.29 is 14.3 Å². The lowest BCUT2D eigenvalue weighted by Crippen LogP contribution is -2.29. The van der Waals surface area contributed by atoms with Crippen molar-refractivity contribution in [2.45, 2.75) is 57.7 Å². The van der Waals surface area contributed by atoms with Crippen molar-refractivity contribution in [3.05, 3.63) is 82.4 Å². The largest absolute Gasteiger partial charge is 0.454 e. The quantitative estimate of drug-likeness (QED) is 0.634. The predicted octanol–water partition coefficient (Wildman–Crippen LogP) is 3.95. The molecule has 0 bridgehead atoms. The van der Waals surface area contributed by atoms with Gasteiger partial charge in [-0.2, -0.15) is 0 Å². The van der Waals surface area contributed by atoms with E-state index in [1.165, 1.54) is 6.42 Å². The van der Waals surface area contributed by atoms with Crippen LogP contribution in [0.5, 0.6) is 0 Å². The van der Waals surface area contributed by atoms with Gasteiger partial charge in [-0.05, 0) is 49.1 Å². The first-order valence-electron chi connectivity index (χ1n) is 11.2. The van der Waals surface area contributed by atoms with Crippen LogP contribution in [-0.4, -0.2) is 26.6 Å². The number of aromatic nitrogens is 3. The van der Waals surface area contributed by atoms with Crippen molar-refractivity contribution in [1.29, 1.82) is 0 Å². The summed E-state index contributed by atoms with van der Waals surface area (Å²) in [4.78, 5) is 25.5. The second-order valence-electron chi connectivity index (χ2n) is 8.51. The van der Waals surface area contributed by atoms with Gasteiger partial charge in [-0.25, -0.2) is 4.79 Å². The highest BCUT2D eigenvalue weighted by Gasteiger charge is 2.28. The van der Waals surface area contributed by atoms with E-state index in [4.69, 9.17) is 4.74 Å². The minimum absolute atomic E-state index is 0.193. The molecule has 7 nitrogen and oxygen atoms in total. The molecule has 0 fully saturated rings. The van der Waals surface area contributed by atoms with Crippen LogP contribution in [0.2, 0.25) is 0 Å². The lowest BCUT2D eigenvalue weighted by molar-refractivity contribution is 0.0252. The van der Waals surface area contributed by atoms with Gasteiger partial charge in [0.15, 0.2) is 5.82 Å². The minimum Gasteiger partial charge on any atom is -0.454 e. The average molecular weight is 431 g/mol. The lowest BCUT2D eigenvalue weighted by atomic mass is 9.93. The maximum absolute atomic E-state index is 13.0. The summed E-state index contributed by atoms with van der Waals surface area (Å²) in [7, 11) is 0. The normalized spacial score (nSPS) is 18.7. The molecule has 0 spiro atoms. The number of cyclic esters (lactones) is 1. The van der Waals surface area contributed by atoms with Crippen molar-refractivity contribution in [1.82, 2.24) is 20.1 Å². The summed E-state index contributed by atoms with van der Waals surface area (Å²) in [5.74, 6) is 1.24. The first-order valence-corrected chi connectivity index (χ1v) is 11.2. The number of hydrogen-bond donors (Lipinski definition) is 1. The number of aryl methyl sites for hydroxylation is 1. The molecule has 2 aliphatic heterocycles. The predicted molar refractivity (Wildman–Crippen MR) is 118 cm³/mol. The number of rotatable bonds is 4. The highest BCUT2D eigenvalue weighted by Crippen LogP contribution is 2.31. The SMILES string of the molecule is C[C@@H](NC(=O)c1ccc2c(c1)C[C@@H](c1ccccc1)OC2=O)c1nnc2n1CCCCC2. The minimum atomic E-state index is -0.355. The molecule has 0 radical (unpaired) electrons. The molecule has 5 rings (SSSR count). The number of hydrogen-bond acceptors (Lipinski definition) is 5. The number of esters is 1. The summed E-state index contributed by atoms with van der Waals surface area (Å²) in [5, 5.41) is 11.7. The van der Waals surface area contributed by atoms with Crippen molar-refractivity contribution in [3.63, 3.8) is 0 Å². The number of nitrogens with zero attached hydrogens (tertiary/aromatic N) is 3. The highest BCUT2D eigenvalue weighted by molar-refractivity contribution is 5.98. The molecule has 1 aromatic heterocycles. The molecule has 1 amide bonds. The van der Waals surface area contributed by atoms with Crippen LogP contribution in [0.1, 0.15) is 81.8 Å². The molecule has 2 aromatic carbocycles. The average Bonchev–Trinajstić information content (AvgIpc) is 3.07. The number of amides is 1. The summed E-state index contributed by atoms with van der Waals surface area (Å²) >= 11 is 0. The molecule has 3 heterocycles. The van der Waals surface area contributed by atoms with E-state index in [1.54, 1.807) is 18.2 Å². The third-order valence-corrected chi connectivity index (χ3v) is 6.29. The summed E-state index contributed by atoms with van der Waals surface area (Å²) in [5.41, 5.74) is 2.81. The zero-order chi connectivity index (χ0) is 22.1. The molecule has 0 saturated heterocycles. The molecule has 0 aliphatic carbocycles. The zero-order valence-electron chi connectivity index (χ0n) is 18.1. The van der Waals surface area contributed by atoms with Crippen LogP contribution < -0.4 is 5.32 Å². The number of fused-ring (bicyclic) bond motifs is 2. The molecule has 2 aliphatic rings. The third kappa shape index (κ3) is 3.90. The summed E-state index contributed by atoms with van der Waals surface area (Å²) in [6.07, 6.45) is 4.53. The smallest absolute Gasteiger partial charge is 0.339 e. The Hall–Kier alpha value is -3.48. The van der Waals surface area contributed by atoms with Crippen LogP contribution in [0.15, 0.2) is 48.5 Å². The fraction of sp³-hybridized carbons (Fsp3) is 0.360. The Morgan fingerprint density at radius 1 is 1.12 bits per heavy atom. The van der Waals surface area contributed by atoms with Crippen LogP contribution in [0, 0.1) is 0 Å². The van der Waals surface area contributed by atoms with Crippen LogP contribution in [-0.2, 0) is 24.1 Å². The van der Waals surface area contributed by atoms with Crippen LogP contribution in [0.4, 0.5) is 0 Å².